The number of nitrogens with two attached hydrogens (primary N) is 2. The fraction of sp³-hybridized carbons (Fsp3) is 0.435. The quantitative estimate of drug-likeness (QED) is 0.645. The molecule has 2 amide bonds. The van der Waals surface area contributed by atoms with Crippen molar-refractivity contribution >= 4 is 17.6 Å². The molecule has 1 aliphatic carbocycles. The molecule has 2 aromatic rings. The topological polar surface area (TPSA) is 116 Å². The number of benzene rings is 1. The summed E-state index contributed by atoms with van der Waals surface area (Å²) in [7, 11) is 0. The highest BCUT2D eigenvalue weighted by molar-refractivity contribution is 6.03. The Morgan fingerprint density at radius 3 is 2.53 bits per heavy atom. The van der Waals surface area contributed by atoms with Crippen LogP contribution in [0.5, 0.6) is 5.75 Å². The summed E-state index contributed by atoms with van der Waals surface area (Å²) in [6.45, 7) is 1.49. The molecule has 0 atom stereocenters. The van der Waals surface area contributed by atoms with E-state index in [1.54, 1.807) is 16.5 Å². The van der Waals surface area contributed by atoms with E-state index >= 15 is 0 Å². The summed E-state index contributed by atoms with van der Waals surface area (Å²) in [5.41, 5.74) is 12.6. The van der Waals surface area contributed by atoms with Crippen molar-refractivity contribution in [2.24, 2.45) is 11.1 Å². The molecule has 4 N–H and O–H groups in total. The Kier molecular flexibility index (Phi) is 5.93. The summed E-state index contributed by atoms with van der Waals surface area (Å²) < 4.78 is 43.4. The standard InChI is InChI=1S/C23H24F3N5O3/c1-2-3-17(32)30-9-8-22(12-30)10-15(11-22)31-20(27)18(21(28)33)19(29-31)14-4-6-16(7-5-14)34-13-23(24,25)26/h4-7,15H,8-13,27H2,1H3,(H2,28,33)/t15-,22-. The average Bonchev–Trinajstić information content (AvgIpc) is 3.33. The van der Waals surface area contributed by atoms with Gasteiger partial charge in [-0.1, -0.05) is 5.92 Å². The first-order valence-electron chi connectivity index (χ1n) is 10.7. The minimum absolute atomic E-state index is 0.0291. The Morgan fingerprint density at radius 1 is 1.26 bits per heavy atom. The number of hydrogen-bond acceptors (Lipinski definition) is 5. The first-order valence-corrected chi connectivity index (χ1v) is 10.7. The predicted octanol–water partition coefficient (Wildman–Crippen LogP) is 2.75. The molecule has 34 heavy (non-hydrogen) atoms. The monoisotopic (exact) mass is 475 g/mol. The van der Waals surface area contributed by atoms with Crippen LogP contribution in [0.4, 0.5) is 19.0 Å². The van der Waals surface area contributed by atoms with Crippen molar-refractivity contribution in [3.8, 4) is 28.8 Å². The van der Waals surface area contributed by atoms with Crippen LogP contribution >= 0.6 is 0 Å². The summed E-state index contributed by atoms with van der Waals surface area (Å²) in [4.78, 5) is 26.0. The third kappa shape index (κ3) is 4.53. The van der Waals surface area contributed by atoms with Gasteiger partial charge in [-0.3, -0.25) is 9.59 Å². The van der Waals surface area contributed by atoms with Crippen molar-refractivity contribution in [1.82, 2.24) is 14.7 Å². The van der Waals surface area contributed by atoms with Gasteiger partial charge in [-0.15, -0.1) is 0 Å². The normalized spacial score (nSPS) is 21.6. The Hall–Kier alpha value is -3.68. The fourth-order valence-corrected chi connectivity index (χ4v) is 4.79. The van der Waals surface area contributed by atoms with Crippen LogP contribution in [0, 0.1) is 17.3 Å². The van der Waals surface area contributed by atoms with Crippen LogP contribution in [0.1, 0.15) is 42.6 Å². The molecule has 2 heterocycles. The van der Waals surface area contributed by atoms with Gasteiger partial charge in [0.1, 0.15) is 22.8 Å². The van der Waals surface area contributed by atoms with Gasteiger partial charge in [0.05, 0.1) is 6.04 Å². The predicted molar refractivity (Wildman–Crippen MR) is 117 cm³/mol. The van der Waals surface area contributed by atoms with Gasteiger partial charge < -0.3 is 21.1 Å². The SMILES string of the molecule is CC#CC(=O)N1CC[C@]2(C1)C[C@H](n1nc(-c3ccc(OCC(F)(F)F)cc3)c(C(N)=O)c1N)C2. The number of primary amides is 1. The summed E-state index contributed by atoms with van der Waals surface area (Å²) in [6, 6.07) is 5.67. The van der Waals surface area contributed by atoms with Gasteiger partial charge in [0.25, 0.3) is 11.8 Å². The maximum atomic E-state index is 12.4. The molecule has 0 radical (unpaired) electrons. The number of rotatable bonds is 5. The molecule has 1 aromatic heterocycles. The van der Waals surface area contributed by atoms with E-state index in [2.05, 4.69) is 16.9 Å². The van der Waals surface area contributed by atoms with E-state index in [1.807, 2.05) is 0 Å². The summed E-state index contributed by atoms with van der Waals surface area (Å²) in [5, 5.41) is 4.54. The van der Waals surface area contributed by atoms with Gasteiger partial charge >= 0.3 is 6.18 Å². The van der Waals surface area contributed by atoms with Crippen molar-refractivity contribution in [3.05, 3.63) is 29.8 Å². The highest BCUT2D eigenvalue weighted by atomic mass is 19.4. The van der Waals surface area contributed by atoms with Gasteiger partial charge in [-0.25, -0.2) is 4.68 Å². The Labute approximate surface area is 194 Å². The van der Waals surface area contributed by atoms with Crippen LogP contribution in [-0.2, 0) is 4.79 Å². The number of hydrogen-bond donors (Lipinski definition) is 2. The summed E-state index contributed by atoms with van der Waals surface area (Å²) in [5.74, 6) is 4.44. The number of aromatic nitrogens is 2. The lowest BCUT2D eigenvalue weighted by molar-refractivity contribution is -0.153. The lowest BCUT2D eigenvalue weighted by Gasteiger charge is -2.45. The third-order valence-corrected chi connectivity index (χ3v) is 6.36. The van der Waals surface area contributed by atoms with Gasteiger partial charge in [-0.2, -0.15) is 18.3 Å². The zero-order valence-corrected chi connectivity index (χ0v) is 18.5. The molecular formula is C23H24F3N5O3. The highest BCUT2D eigenvalue weighted by Gasteiger charge is 2.51. The first kappa shape index (κ1) is 23.5. The molecule has 0 bridgehead atoms. The second kappa shape index (κ2) is 8.59. The number of ether oxygens (including phenoxy) is 1. The Bertz CT molecular complexity index is 1170. The van der Waals surface area contributed by atoms with E-state index in [9.17, 15) is 22.8 Å². The second-order valence-corrected chi connectivity index (χ2v) is 8.76. The van der Waals surface area contributed by atoms with Crippen LogP contribution in [0.25, 0.3) is 11.3 Å². The van der Waals surface area contributed by atoms with Crippen LogP contribution in [-0.4, -0.2) is 52.4 Å². The van der Waals surface area contributed by atoms with E-state index in [0.717, 1.165) is 19.3 Å². The van der Waals surface area contributed by atoms with Gasteiger partial charge in [0.15, 0.2) is 6.61 Å². The lowest BCUT2D eigenvalue weighted by atomic mass is 9.65. The Morgan fingerprint density at radius 2 is 1.94 bits per heavy atom. The molecule has 1 spiro atoms. The number of nitrogen functional groups attached to an aromatic ring is 1. The van der Waals surface area contributed by atoms with Crippen molar-refractivity contribution in [2.75, 3.05) is 25.4 Å². The van der Waals surface area contributed by atoms with E-state index in [4.69, 9.17) is 16.2 Å². The second-order valence-electron chi connectivity index (χ2n) is 8.76. The maximum Gasteiger partial charge on any atom is 0.422 e. The van der Waals surface area contributed by atoms with Crippen molar-refractivity contribution < 1.29 is 27.5 Å². The highest BCUT2D eigenvalue weighted by Crippen LogP contribution is 2.54. The molecular weight excluding hydrogens is 451 g/mol. The number of halogens is 3. The zero-order valence-electron chi connectivity index (χ0n) is 18.5. The van der Waals surface area contributed by atoms with E-state index in [1.165, 1.54) is 24.3 Å². The number of carbonyl (C=O) groups excluding carboxylic acids is 2. The molecule has 180 valence electrons. The fourth-order valence-electron chi connectivity index (χ4n) is 4.79. The number of anilines is 1. The van der Waals surface area contributed by atoms with E-state index < -0.39 is 18.7 Å². The zero-order chi connectivity index (χ0) is 24.7. The van der Waals surface area contributed by atoms with Gasteiger partial charge in [0.2, 0.25) is 0 Å². The first-order chi connectivity index (χ1) is 16.0. The number of alkyl halides is 3. The molecule has 1 saturated heterocycles. The largest absolute Gasteiger partial charge is 0.484 e. The van der Waals surface area contributed by atoms with Crippen molar-refractivity contribution in [3.63, 3.8) is 0 Å². The third-order valence-electron chi connectivity index (χ3n) is 6.36. The molecule has 2 aliphatic rings. The minimum atomic E-state index is -4.45. The molecule has 8 nitrogen and oxygen atoms in total. The van der Waals surface area contributed by atoms with Crippen LogP contribution in [0.3, 0.4) is 0 Å². The minimum Gasteiger partial charge on any atom is -0.484 e. The number of nitrogens with zero attached hydrogens (tertiary/aromatic N) is 3. The number of amides is 2. The molecule has 2 fully saturated rings. The van der Waals surface area contributed by atoms with Crippen LogP contribution in [0.15, 0.2) is 24.3 Å². The van der Waals surface area contributed by atoms with Gasteiger partial charge in [0, 0.05) is 18.7 Å². The molecule has 11 heteroatoms. The lowest BCUT2D eigenvalue weighted by Crippen LogP contribution is -2.42. The smallest absolute Gasteiger partial charge is 0.422 e. The number of carbonyl (C=O) groups is 2. The van der Waals surface area contributed by atoms with Crippen molar-refractivity contribution in [2.45, 2.75) is 38.4 Å². The van der Waals surface area contributed by atoms with E-state index in [-0.39, 0.29) is 40.2 Å². The van der Waals surface area contributed by atoms with E-state index in [0.29, 0.717) is 18.7 Å². The molecule has 1 aliphatic heterocycles. The number of likely N-dealkylation sites (tertiary alicyclic amines) is 1. The summed E-state index contributed by atoms with van der Waals surface area (Å²) in [6.07, 6.45) is -2.11. The summed E-state index contributed by atoms with van der Waals surface area (Å²) >= 11 is 0. The molecule has 0 unspecified atom stereocenters. The van der Waals surface area contributed by atoms with Crippen LogP contribution in [0.2, 0.25) is 0 Å². The Balaban J connectivity index is 1.52. The van der Waals surface area contributed by atoms with Gasteiger partial charge in [-0.05, 0) is 61.8 Å². The molecule has 4 rings (SSSR count). The molecule has 1 saturated carbocycles. The average molecular weight is 475 g/mol. The molecule has 1 aromatic carbocycles. The maximum absolute atomic E-state index is 12.4. The van der Waals surface area contributed by atoms with Crippen LogP contribution < -0.4 is 16.2 Å². The van der Waals surface area contributed by atoms with Crippen molar-refractivity contribution in [1.29, 1.82) is 0 Å².